The molecule has 0 aromatic heterocycles. The second kappa shape index (κ2) is 9.02. The van der Waals surface area contributed by atoms with Crippen molar-refractivity contribution in [2.24, 2.45) is 0 Å². The first-order valence-electron chi connectivity index (χ1n) is 6.13. The highest BCUT2D eigenvalue weighted by Crippen LogP contribution is 2.32. The highest BCUT2D eigenvalue weighted by molar-refractivity contribution is 14.0. The normalized spacial score (nSPS) is 10.2. The van der Waals surface area contributed by atoms with Crippen LogP contribution in [-0.4, -0.2) is 39.4 Å². The zero-order valence-electron chi connectivity index (χ0n) is 12.9. The van der Waals surface area contributed by atoms with Gasteiger partial charge in [0.1, 0.15) is 6.09 Å². The molecule has 2 N–H and O–H groups in total. The van der Waals surface area contributed by atoms with Crippen LogP contribution < -0.4 is 14.9 Å². The topological polar surface area (TPSA) is 72.4 Å². The minimum Gasteiger partial charge on any atom is -0.530 e. The lowest BCUT2D eigenvalue weighted by Crippen LogP contribution is -2.34. The molecule has 0 aliphatic carbocycles. The number of nitrogens with one attached hydrogen (secondary N) is 1. The van der Waals surface area contributed by atoms with Crippen LogP contribution in [0.5, 0.6) is 5.75 Å². The number of carbonyl (C=O) groups excluding carboxylic acids is 1. The summed E-state index contributed by atoms with van der Waals surface area (Å²) in [7, 11) is 7.45. The van der Waals surface area contributed by atoms with Gasteiger partial charge in [-0.25, -0.2) is 0 Å². The Morgan fingerprint density at radius 3 is 2.05 bits per heavy atom. The van der Waals surface area contributed by atoms with Gasteiger partial charge in [-0.05, 0) is 17.5 Å². The average Bonchev–Trinajstić information content (AvgIpc) is 2.28. The Morgan fingerprint density at radius 1 is 1.30 bits per heavy atom. The number of halogens is 1. The largest absolute Gasteiger partial charge is 0.530 e. The van der Waals surface area contributed by atoms with Crippen molar-refractivity contribution in [2.45, 2.75) is 19.8 Å². The van der Waals surface area contributed by atoms with Gasteiger partial charge in [-0.3, -0.25) is 4.48 Å². The number of nitrogens with zero attached hydrogens (tertiary/aromatic N) is 1. The number of phenols is 1. The molecule has 1 aromatic rings. The van der Waals surface area contributed by atoms with E-state index in [1.807, 2.05) is 11.4 Å². The third-order valence-corrected chi connectivity index (χ3v) is 2.59. The van der Waals surface area contributed by atoms with Crippen LogP contribution >= 0.6 is 24.0 Å². The van der Waals surface area contributed by atoms with E-state index in [0.29, 0.717) is 16.2 Å². The first-order valence-corrected chi connectivity index (χ1v) is 6.13. The zero-order chi connectivity index (χ0) is 15.2. The average molecular weight is 396 g/mol. The number of phenolic OH excluding ortho intramolecular Hbond substituents is 1. The molecule has 6 heteroatoms. The van der Waals surface area contributed by atoms with Gasteiger partial charge in [0.2, 0.25) is 0 Å². The molecule has 0 saturated heterocycles. The van der Waals surface area contributed by atoms with Gasteiger partial charge in [0.05, 0.1) is 21.1 Å². The molecule has 0 spiro atoms. The summed E-state index contributed by atoms with van der Waals surface area (Å²) in [5, 5.41) is 20.7. The fourth-order valence-corrected chi connectivity index (χ4v) is 1.44. The number of aromatic hydroxyl groups is 1. The van der Waals surface area contributed by atoms with Crippen LogP contribution in [0.4, 0.5) is 10.5 Å². The third-order valence-electron chi connectivity index (χ3n) is 2.59. The van der Waals surface area contributed by atoms with Gasteiger partial charge < -0.3 is 20.3 Å². The summed E-state index contributed by atoms with van der Waals surface area (Å²) in [6.45, 7) is 4.32. The number of amides is 1. The van der Waals surface area contributed by atoms with Crippen molar-refractivity contribution in [3.63, 3.8) is 0 Å². The monoisotopic (exact) mass is 396 g/mol. The smallest absolute Gasteiger partial charge is 0.177 e. The number of carboxylic acid groups (broad SMARTS) is 1. The molecule has 0 radical (unpaired) electrons. The molecule has 0 aliphatic rings. The molecule has 0 heterocycles. The lowest BCUT2D eigenvalue weighted by atomic mass is 10.0. The maximum absolute atomic E-state index is 9.74. The van der Waals surface area contributed by atoms with Gasteiger partial charge in [-0.1, -0.05) is 19.9 Å². The van der Waals surface area contributed by atoms with Gasteiger partial charge in [0, 0.05) is 13.1 Å². The van der Waals surface area contributed by atoms with Crippen LogP contribution in [0.3, 0.4) is 0 Å². The standard InChI is InChI=1S/C12H19NO.C2H5NO2.HI/c1-9(2)10-6-7-12(14)11(8-10)13(3,4)5;1-3-2(4)5;/h6-9H,1-5H3;3H,1H3,(H,4,5);1H. The molecular formula is C14H25IN2O3. The summed E-state index contributed by atoms with van der Waals surface area (Å²) in [6, 6.07) is 5.85. The van der Waals surface area contributed by atoms with Gasteiger partial charge >= 0.3 is 0 Å². The highest BCUT2D eigenvalue weighted by Gasteiger charge is 2.18. The quantitative estimate of drug-likeness (QED) is 0.593. The number of hydrogen-bond donors (Lipinski definition) is 2. The molecule has 0 aliphatic heterocycles. The molecule has 0 saturated carbocycles. The Labute approximate surface area is 138 Å². The van der Waals surface area contributed by atoms with Crippen LogP contribution in [0.1, 0.15) is 25.3 Å². The molecule has 20 heavy (non-hydrogen) atoms. The summed E-state index contributed by atoms with van der Waals surface area (Å²) in [4.78, 5) is 9.15. The van der Waals surface area contributed by atoms with E-state index in [0.717, 1.165) is 5.69 Å². The molecule has 0 unspecified atom stereocenters. The van der Waals surface area contributed by atoms with Crippen LogP contribution in [0.25, 0.3) is 0 Å². The SMILES string of the molecule is CC(C)c1ccc(O)c([N+](C)(C)C)c1.CNC(=O)[O-].I. The minimum atomic E-state index is -1.25. The molecule has 0 bridgehead atoms. The van der Waals surface area contributed by atoms with E-state index in [1.54, 1.807) is 6.07 Å². The lowest BCUT2D eigenvalue weighted by Gasteiger charge is -2.25. The summed E-state index contributed by atoms with van der Waals surface area (Å²) < 4.78 is 0.645. The maximum Gasteiger partial charge on any atom is 0.177 e. The van der Waals surface area contributed by atoms with E-state index >= 15 is 0 Å². The number of hydrogen-bond acceptors (Lipinski definition) is 3. The Bertz CT molecular complexity index is 429. The van der Waals surface area contributed by atoms with Crippen molar-refractivity contribution >= 4 is 35.8 Å². The van der Waals surface area contributed by atoms with Crippen LogP contribution in [0, 0.1) is 0 Å². The van der Waals surface area contributed by atoms with Gasteiger partial charge in [-0.2, -0.15) is 0 Å². The Kier molecular flexibility index (Phi) is 9.59. The molecular weight excluding hydrogens is 371 g/mol. The van der Waals surface area contributed by atoms with Crippen molar-refractivity contribution in [3.05, 3.63) is 23.8 Å². The fourth-order valence-electron chi connectivity index (χ4n) is 1.44. The van der Waals surface area contributed by atoms with E-state index in [2.05, 4.69) is 41.1 Å². The van der Waals surface area contributed by atoms with E-state index < -0.39 is 6.09 Å². The molecule has 116 valence electrons. The maximum atomic E-state index is 9.74. The molecule has 1 amide bonds. The number of quaternary nitrogens is 1. The molecule has 0 atom stereocenters. The van der Waals surface area contributed by atoms with Gasteiger partial charge in [0.25, 0.3) is 0 Å². The lowest BCUT2D eigenvalue weighted by molar-refractivity contribution is -0.250. The molecule has 5 nitrogen and oxygen atoms in total. The highest BCUT2D eigenvalue weighted by atomic mass is 127. The van der Waals surface area contributed by atoms with Gasteiger partial charge in [0.15, 0.2) is 11.4 Å². The number of benzene rings is 1. The fraction of sp³-hybridized carbons (Fsp3) is 0.500. The third kappa shape index (κ3) is 7.54. The predicted molar refractivity (Wildman–Crippen MR) is 91.6 cm³/mol. The second-order valence-electron chi connectivity index (χ2n) is 5.45. The summed E-state index contributed by atoms with van der Waals surface area (Å²) in [6.07, 6.45) is -1.25. The van der Waals surface area contributed by atoms with Gasteiger partial charge in [-0.15, -0.1) is 24.0 Å². The van der Waals surface area contributed by atoms with Crippen LogP contribution in [0.15, 0.2) is 18.2 Å². The summed E-state index contributed by atoms with van der Waals surface area (Å²) >= 11 is 0. The summed E-state index contributed by atoms with van der Waals surface area (Å²) in [5.41, 5.74) is 2.24. The Morgan fingerprint density at radius 2 is 1.75 bits per heavy atom. The van der Waals surface area contributed by atoms with Crippen LogP contribution in [-0.2, 0) is 0 Å². The van der Waals surface area contributed by atoms with E-state index in [4.69, 9.17) is 9.90 Å². The van der Waals surface area contributed by atoms with Crippen molar-refractivity contribution in [2.75, 3.05) is 28.2 Å². The summed E-state index contributed by atoms with van der Waals surface area (Å²) in [5.74, 6) is 0.878. The van der Waals surface area contributed by atoms with Crippen molar-refractivity contribution in [1.29, 1.82) is 0 Å². The molecule has 1 rings (SSSR count). The Balaban J connectivity index is 0. The first kappa shape index (κ1) is 21.3. The van der Waals surface area contributed by atoms with E-state index in [9.17, 15) is 5.11 Å². The first-order chi connectivity index (χ1) is 8.59. The second-order valence-corrected chi connectivity index (χ2v) is 5.45. The zero-order valence-corrected chi connectivity index (χ0v) is 15.3. The number of carbonyl (C=O) groups is 1. The number of rotatable bonds is 2. The minimum absolute atomic E-state index is 0. The predicted octanol–water partition coefficient (Wildman–Crippen LogP) is 1.88. The van der Waals surface area contributed by atoms with E-state index in [1.165, 1.54) is 12.6 Å². The molecule has 0 fully saturated rings. The van der Waals surface area contributed by atoms with Crippen molar-refractivity contribution in [1.82, 2.24) is 9.80 Å². The Hall–Kier alpha value is -1.02. The van der Waals surface area contributed by atoms with E-state index in [-0.39, 0.29) is 24.0 Å². The van der Waals surface area contributed by atoms with Crippen molar-refractivity contribution in [3.8, 4) is 5.75 Å². The molecule has 1 aromatic carbocycles. The van der Waals surface area contributed by atoms with Crippen molar-refractivity contribution < 1.29 is 15.0 Å². The van der Waals surface area contributed by atoms with Crippen LogP contribution in [0.2, 0.25) is 0 Å².